The second-order valence-corrected chi connectivity index (χ2v) is 13.2. The molecule has 7 rings (SSSR count). The van der Waals surface area contributed by atoms with Crippen molar-refractivity contribution in [1.29, 1.82) is 0 Å². The van der Waals surface area contributed by atoms with Crippen LogP contribution in [0.3, 0.4) is 0 Å². The lowest BCUT2D eigenvalue weighted by atomic mass is 9.75. The van der Waals surface area contributed by atoms with Gasteiger partial charge in [-0.1, -0.05) is 135 Å². The van der Waals surface area contributed by atoms with Crippen molar-refractivity contribution in [3.63, 3.8) is 0 Å². The van der Waals surface area contributed by atoms with Crippen LogP contribution in [-0.2, 0) is 21.7 Å². The first-order valence-electron chi connectivity index (χ1n) is 17.3. The molecule has 1 aliphatic heterocycles. The van der Waals surface area contributed by atoms with E-state index in [4.69, 9.17) is 19.4 Å². The van der Waals surface area contributed by atoms with Crippen LogP contribution >= 0.6 is 0 Å². The summed E-state index contributed by atoms with van der Waals surface area (Å²) in [5.74, 6) is -0.144. The molecule has 1 aliphatic rings. The maximum absolute atomic E-state index is 12.8. The molecular formula is C41H42N6O4. The smallest absolute Gasteiger partial charge is 0.247 e. The number of fused-ring (bicyclic) bond motifs is 1. The third kappa shape index (κ3) is 6.86. The first kappa shape index (κ1) is 34.0. The number of nitrogens with one attached hydrogen (secondary N) is 1. The van der Waals surface area contributed by atoms with E-state index < -0.39 is 17.9 Å². The number of imidazole rings is 1. The predicted molar refractivity (Wildman–Crippen MR) is 196 cm³/mol. The molecule has 1 fully saturated rings. The van der Waals surface area contributed by atoms with Crippen molar-refractivity contribution in [1.82, 2.24) is 24.4 Å². The molecule has 0 saturated carbocycles. The third-order valence-electron chi connectivity index (χ3n) is 9.36. The zero-order valence-electron chi connectivity index (χ0n) is 29.0. The van der Waals surface area contributed by atoms with Gasteiger partial charge in [0.05, 0.1) is 24.6 Å². The van der Waals surface area contributed by atoms with Crippen LogP contribution in [0, 0.1) is 12.8 Å². The van der Waals surface area contributed by atoms with Gasteiger partial charge in [0.2, 0.25) is 17.7 Å². The van der Waals surface area contributed by atoms with Gasteiger partial charge < -0.3 is 14.6 Å². The van der Waals surface area contributed by atoms with Gasteiger partial charge in [-0.2, -0.15) is 9.97 Å². The fourth-order valence-electron chi connectivity index (χ4n) is 6.78. The van der Waals surface area contributed by atoms with Gasteiger partial charge in [0, 0.05) is 19.0 Å². The predicted octanol–water partition coefficient (Wildman–Crippen LogP) is 6.49. The number of rotatable bonds is 11. The van der Waals surface area contributed by atoms with E-state index in [1.165, 1.54) is 0 Å². The van der Waals surface area contributed by atoms with E-state index in [0.717, 1.165) is 27.8 Å². The normalized spacial score (nSPS) is 16.7. The Morgan fingerprint density at radius 2 is 1.47 bits per heavy atom. The second-order valence-electron chi connectivity index (χ2n) is 13.2. The minimum absolute atomic E-state index is 0.112. The number of aliphatic hydroxyl groups is 1. The lowest BCUT2D eigenvalue weighted by molar-refractivity contribution is -0.148. The molecule has 4 aromatic carbocycles. The van der Waals surface area contributed by atoms with Crippen LogP contribution in [0.15, 0.2) is 122 Å². The molecular weight excluding hydrogens is 640 g/mol. The number of anilines is 1. The molecule has 0 bridgehead atoms. The SMILES string of the molecule is Cc1ccc(COc2nc(NC(=O)C(C)C)nc3c2ncn3[C@H]2CN(C(c3ccccc3)(c3ccccc3)c3ccccc3)C[C@@H](CO)O2)cc1. The van der Waals surface area contributed by atoms with Crippen LogP contribution in [0.4, 0.5) is 5.95 Å². The fourth-order valence-corrected chi connectivity index (χ4v) is 6.78. The average molecular weight is 683 g/mol. The summed E-state index contributed by atoms with van der Waals surface area (Å²) in [5.41, 5.74) is 5.52. The van der Waals surface area contributed by atoms with Crippen molar-refractivity contribution in [2.75, 3.05) is 25.0 Å². The van der Waals surface area contributed by atoms with Crippen LogP contribution in [0.5, 0.6) is 5.88 Å². The topological polar surface area (TPSA) is 115 Å². The lowest BCUT2D eigenvalue weighted by Gasteiger charge is -2.50. The number of hydrogen-bond donors (Lipinski definition) is 2. The number of ether oxygens (including phenoxy) is 2. The van der Waals surface area contributed by atoms with E-state index in [-0.39, 0.29) is 36.9 Å². The molecule has 1 amide bonds. The highest BCUT2D eigenvalue weighted by Crippen LogP contribution is 2.45. The molecule has 2 N–H and O–H groups in total. The summed E-state index contributed by atoms with van der Waals surface area (Å²) in [4.78, 5) is 29.3. The van der Waals surface area contributed by atoms with Gasteiger partial charge in [0.1, 0.15) is 12.8 Å². The van der Waals surface area contributed by atoms with Crippen molar-refractivity contribution in [2.24, 2.45) is 5.92 Å². The Balaban J connectivity index is 1.34. The molecule has 10 nitrogen and oxygen atoms in total. The number of aliphatic hydroxyl groups excluding tert-OH is 1. The summed E-state index contributed by atoms with van der Waals surface area (Å²) >= 11 is 0. The molecule has 10 heteroatoms. The first-order valence-corrected chi connectivity index (χ1v) is 17.3. The molecule has 260 valence electrons. The quantitative estimate of drug-likeness (QED) is 0.149. The number of morpholine rings is 1. The summed E-state index contributed by atoms with van der Waals surface area (Å²) in [6, 6.07) is 39.4. The monoisotopic (exact) mass is 682 g/mol. The first-order chi connectivity index (χ1) is 24.9. The van der Waals surface area contributed by atoms with Crippen molar-refractivity contribution < 1.29 is 19.4 Å². The number of nitrogens with zero attached hydrogens (tertiary/aromatic N) is 5. The highest BCUT2D eigenvalue weighted by atomic mass is 16.5. The summed E-state index contributed by atoms with van der Waals surface area (Å²) in [6.07, 6.45) is 0.519. The standard InChI is InChI=1S/C41H42N6O4/c1-28(2)38(49)44-40-43-37-36(39(45-40)50-26-30-21-19-29(3)20-22-30)42-27-47(37)35-24-46(23-34(25-48)51-35)41(31-13-7-4-8-14-31,32-15-9-5-10-16-32)33-17-11-6-12-18-33/h4-22,27-28,34-35,48H,23-26H2,1-3H3,(H,43,44,45,49)/t34-,35+/m0/s1. The van der Waals surface area contributed by atoms with Gasteiger partial charge in [0.15, 0.2) is 11.2 Å². The van der Waals surface area contributed by atoms with Gasteiger partial charge >= 0.3 is 0 Å². The summed E-state index contributed by atoms with van der Waals surface area (Å²) in [5, 5.41) is 13.5. The summed E-state index contributed by atoms with van der Waals surface area (Å²) in [7, 11) is 0. The van der Waals surface area contributed by atoms with E-state index in [0.29, 0.717) is 24.3 Å². The Hall–Kier alpha value is -5.42. The van der Waals surface area contributed by atoms with Crippen molar-refractivity contribution >= 4 is 23.0 Å². The molecule has 0 unspecified atom stereocenters. The number of carbonyl (C=O) groups excluding carboxylic acids is 1. The van der Waals surface area contributed by atoms with Gasteiger partial charge in [-0.25, -0.2) is 4.98 Å². The average Bonchev–Trinajstić information content (AvgIpc) is 3.60. The van der Waals surface area contributed by atoms with E-state index in [9.17, 15) is 9.90 Å². The number of carbonyl (C=O) groups is 1. The fraction of sp³-hybridized carbons (Fsp3) is 0.268. The molecule has 1 saturated heterocycles. The van der Waals surface area contributed by atoms with Crippen molar-refractivity contribution in [2.45, 2.75) is 45.2 Å². The minimum Gasteiger partial charge on any atom is -0.471 e. The molecule has 0 spiro atoms. The zero-order valence-corrected chi connectivity index (χ0v) is 29.0. The van der Waals surface area contributed by atoms with Crippen LogP contribution in [0.25, 0.3) is 11.2 Å². The zero-order chi connectivity index (χ0) is 35.4. The number of amides is 1. The molecule has 0 radical (unpaired) electrons. The van der Waals surface area contributed by atoms with E-state index in [2.05, 4.69) is 88.0 Å². The van der Waals surface area contributed by atoms with E-state index in [1.807, 2.05) is 67.8 Å². The minimum atomic E-state index is -0.733. The Morgan fingerprint density at radius 1 is 0.882 bits per heavy atom. The second kappa shape index (κ2) is 14.8. The van der Waals surface area contributed by atoms with Crippen LogP contribution in [0.1, 0.15) is 47.9 Å². The number of benzene rings is 4. The molecule has 0 aliphatic carbocycles. The summed E-state index contributed by atoms with van der Waals surface area (Å²) in [6.45, 7) is 6.59. The van der Waals surface area contributed by atoms with Crippen LogP contribution in [-0.4, -0.2) is 61.2 Å². The molecule has 3 heterocycles. The van der Waals surface area contributed by atoms with Gasteiger partial charge in [-0.3, -0.25) is 19.6 Å². The van der Waals surface area contributed by atoms with Crippen LogP contribution < -0.4 is 10.1 Å². The van der Waals surface area contributed by atoms with E-state index >= 15 is 0 Å². The van der Waals surface area contributed by atoms with Crippen molar-refractivity contribution in [3.05, 3.63) is 149 Å². The number of aryl methyl sites for hydroxylation is 1. The van der Waals surface area contributed by atoms with Gasteiger partial charge in [-0.05, 0) is 29.2 Å². The molecule has 2 atom stereocenters. The molecule has 6 aromatic rings. The maximum atomic E-state index is 12.8. The van der Waals surface area contributed by atoms with E-state index in [1.54, 1.807) is 6.33 Å². The molecule has 2 aromatic heterocycles. The Bertz CT molecular complexity index is 1970. The Labute approximate surface area is 297 Å². The number of hydrogen-bond acceptors (Lipinski definition) is 8. The highest BCUT2D eigenvalue weighted by Gasteiger charge is 2.46. The lowest BCUT2D eigenvalue weighted by Crippen LogP contribution is -2.57. The van der Waals surface area contributed by atoms with Gasteiger partial charge in [-0.15, -0.1) is 0 Å². The van der Waals surface area contributed by atoms with Crippen molar-refractivity contribution in [3.8, 4) is 5.88 Å². The largest absolute Gasteiger partial charge is 0.471 e. The number of aromatic nitrogens is 4. The third-order valence-corrected chi connectivity index (χ3v) is 9.36. The molecule has 51 heavy (non-hydrogen) atoms. The van der Waals surface area contributed by atoms with Gasteiger partial charge in [0.25, 0.3) is 0 Å². The highest BCUT2D eigenvalue weighted by molar-refractivity contribution is 5.91. The Morgan fingerprint density at radius 3 is 2.02 bits per heavy atom. The summed E-state index contributed by atoms with van der Waals surface area (Å²) < 4.78 is 14.7. The van der Waals surface area contributed by atoms with Crippen LogP contribution in [0.2, 0.25) is 0 Å². The maximum Gasteiger partial charge on any atom is 0.247 e. The Kier molecular flexibility index (Phi) is 9.90.